The molecule has 1 atom stereocenters. The van der Waals surface area contributed by atoms with Crippen LogP contribution < -0.4 is 0 Å². The third kappa shape index (κ3) is 2.54. The topological polar surface area (TPSA) is 63.1 Å². The Labute approximate surface area is 107 Å². The van der Waals surface area contributed by atoms with E-state index in [1.807, 2.05) is 0 Å². The molecule has 1 aliphatic carbocycles. The van der Waals surface area contributed by atoms with Crippen molar-refractivity contribution in [3.63, 3.8) is 0 Å². The monoisotopic (exact) mass is 274 g/mol. The first-order valence-electron chi connectivity index (χ1n) is 5.83. The van der Waals surface area contributed by atoms with Crippen molar-refractivity contribution in [2.75, 3.05) is 0 Å². The highest BCUT2D eigenvalue weighted by Gasteiger charge is 2.67. The van der Waals surface area contributed by atoms with E-state index in [-0.39, 0.29) is 18.4 Å². The van der Waals surface area contributed by atoms with E-state index in [2.05, 4.69) is 9.97 Å². The van der Waals surface area contributed by atoms with E-state index in [0.29, 0.717) is 5.82 Å². The summed E-state index contributed by atoms with van der Waals surface area (Å²) in [4.78, 5) is 18.6. The van der Waals surface area contributed by atoms with Gasteiger partial charge in [-0.1, -0.05) is 0 Å². The minimum Gasteiger partial charge on any atom is -0.481 e. The van der Waals surface area contributed by atoms with E-state index in [1.165, 1.54) is 12.4 Å². The van der Waals surface area contributed by atoms with Crippen molar-refractivity contribution in [1.82, 2.24) is 9.97 Å². The molecule has 0 radical (unpaired) electrons. The van der Waals surface area contributed by atoms with Gasteiger partial charge in [-0.25, -0.2) is 9.97 Å². The van der Waals surface area contributed by atoms with Crippen molar-refractivity contribution in [2.45, 2.75) is 38.3 Å². The van der Waals surface area contributed by atoms with Gasteiger partial charge in [0.05, 0.1) is 11.8 Å². The SMILES string of the molecule is Cc1ncc([C@@H](CC(=O)O)C2(C(F)(F)F)CC2)cn1. The average Bonchev–Trinajstić information content (AvgIpc) is 3.07. The van der Waals surface area contributed by atoms with Gasteiger partial charge >= 0.3 is 12.1 Å². The zero-order valence-electron chi connectivity index (χ0n) is 10.2. The van der Waals surface area contributed by atoms with E-state index in [4.69, 9.17) is 5.11 Å². The summed E-state index contributed by atoms with van der Waals surface area (Å²) in [6.45, 7) is 1.62. The summed E-state index contributed by atoms with van der Waals surface area (Å²) in [7, 11) is 0. The summed E-state index contributed by atoms with van der Waals surface area (Å²) in [5, 5.41) is 8.85. The Bertz CT molecular complexity index is 481. The molecule has 104 valence electrons. The Morgan fingerprint density at radius 3 is 2.32 bits per heavy atom. The van der Waals surface area contributed by atoms with Crippen molar-refractivity contribution in [2.24, 2.45) is 5.41 Å². The molecule has 1 heterocycles. The van der Waals surface area contributed by atoms with Gasteiger partial charge < -0.3 is 5.11 Å². The molecule has 1 aliphatic rings. The lowest BCUT2D eigenvalue weighted by Gasteiger charge is -2.28. The van der Waals surface area contributed by atoms with Gasteiger partial charge in [-0.05, 0) is 25.3 Å². The van der Waals surface area contributed by atoms with Gasteiger partial charge in [-0.15, -0.1) is 0 Å². The largest absolute Gasteiger partial charge is 0.481 e. The third-order valence-corrected chi connectivity index (χ3v) is 3.60. The molecule has 0 aromatic carbocycles. The Hall–Kier alpha value is -1.66. The van der Waals surface area contributed by atoms with Crippen LogP contribution in [0.2, 0.25) is 0 Å². The predicted octanol–water partition coefficient (Wildman–Crippen LogP) is 2.69. The summed E-state index contributed by atoms with van der Waals surface area (Å²) < 4.78 is 39.4. The molecule has 1 saturated carbocycles. The third-order valence-electron chi connectivity index (χ3n) is 3.60. The molecule has 7 heteroatoms. The molecule has 0 saturated heterocycles. The number of hydrogen-bond donors (Lipinski definition) is 1. The Balaban J connectivity index is 2.37. The molecule has 4 nitrogen and oxygen atoms in total. The lowest BCUT2D eigenvalue weighted by molar-refractivity contribution is -0.195. The van der Waals surface area contributed by atoms with Crippen molar-refractivity contribution in [3.05, 3.63) is 23.8 Å². The minimum atomic E-state index is -4.40. The van der Waals surface area contributed by atoms with Crippen LogP contribution in [0.5, 0.6) is 0 Å². The second-order valence-corrected chi connectivity index (χ2v) is 4.87. The predicted molar refractivity (Wildman–Crippen MR) is 59.5 cm³/mol. The summed E-state index contributed by atoms with van der Waals surface area (Å²) in [6.07, 6.45) is -2.46. The number of carboxylic acid groups (broad SMARTS) is 1. The number of carbonyl (C=O) groups is 1. The number of rotatable bonds is 4. The zero-order chi connectivity index (χ0) is 14.3. The zero-order valence-corrected chi connectivity index (χ0v) is 10.2. The fraction of sp³-hybridized carbons (Fsp3) is 0.583. The Morgan fingerprint density at radius 2 is 1.95 bits per heavy atom. The van der Waals surface area contributed by atoms with Crippen LogP contribution in [0.25, 0.3) is 0 Å². The lowest BCUT2D eigenvalue weighted by Crippen LogP contribution is -2.32. The van der Waals surface area contributed by atoms with Crippen LogP contribution >= 0.6 is 0 Å². The number of aliphatic carboxylic acids is 1. The number of aryl methyl sites for hydroxylation is 1. The molecule has 0 spiro atoms. The molecule has 1 aromatic rings. The van der Waals surface area contributed by atoms with Crippen LogP contribution in [0.4, 0.5) is 13.2 Å². The molecule has 0 bridgehead atoms. The number of nitrogens with zero attached hydrogens (tertiary/aromatic N) is 2. The van der Waals surface area contributed by atoms with Gasteiger partial charge in [-0.3, -0.25) is 4.79 Å². The average molecular weight is 274 g/mol. The minimum absolute atomic E-state index is 0.0394. The van der Waals surface area contributed by atoms with Crippen LogP contribution in [0.1, 0.15) is 36.6 Å². The molecule has 1 N–H and O–H groups in total. The van der Waals surface area contributed by atoms with E-state index in [9.17, 15) is 18.0 Å². The van der Waals surface area contributed by atoms with Crippen LogP contribution in [-0.2, 0) is 4.79 Å². The van der Waals surface area contributed by atoms with Crippen molar-refractivity contribution in [3.8, 4) is 0 Å². The maximum absolute atomic E-state index is 13.1. The van der Waals surface area contributed by atoms with Gasteiger partial charge in [0, 0.05) is 18.3 Å². The number of halogens is 3. The highest BCUT2D eigenvalue weighted by Crippen LogP contribution is 2.66. The highest BCUT2D eigenvalue weighted by atomic mass is 19.4. The molecule has 0 aliphatic heterocycles. The Kier molecular flexibility index (Phi) is 3.24. The molecular formula is C12H13F3N2O2. The van der Waals surface area contributed by atoms with Gasteiger partial charge in [-0.2, -0.15) is 13.2 Å². The van der Waals surface area contributed by atoms with Gasteiger partial charge in [0.25, 0.3) is 0 Å². The van der Waals surface area contributed by atoms with Crippen LogP contribution in [0.15, 0.2) is 12.4 Å². The summed E-state index contributed by atoms with van der Waals surface area (Å²) in [5.74, 6) is -1.93. The van der Waals surface area contributed by atoms with Gasteiger partial charge in [0.15, 0.2) is 0 Å². The quantitative estimate of drug-likeness (QED) is 0.916. The van der Waals surface area contributed by atoms with Crippen LogP contribution in [-0.4, -0.2) is 27.2 Å². The van der Waals surface area contributed by atoms with E-state index >= 15 is 0 Å². The molecule has 1 aromatic heterocycles. The number of carboxylic acids is 1. The highest BCUT2D eigenvalue weighted by molar-refractivity contribution is 5.68. The fourth-order valence-corrected chi connectivity index (χ4v) is 2.35. The van der Waals surface area contributed by atoms with Crippen molar-refractivity contribution in [1.29, 1.82) is 0 Å². The number of hydrogen-bond acceptors (Lipinski definition) is 3. The molecular weight excluding hydrogens is 261 g/mol. The van der Waals surface area contributed by atoms with Crippen LogP contribution in [0, 0.1) is 12.3 Å². The van der Waals surface area contributed by atoms with E-state index < -0.39 is 29.9 Å². The lowest BCUT2D eigenvalue weighted by atomic mass is 9.81. The van der Waals surface area contributed by atoms with Gasteiger partial charge in [0.2, 0.25) is 0 Å². The second kappa shape index (κ2) is 4.47. The van der Waals surface area contributed by atoms with Crippen molar-refractivity contribution < 1.29 is 23.1 Å². The van der Waals surface area contributed by atoms with Crippen molar-refractivity contribution >= 4 is 5.97 Å². The van der Waals surface area contributed by atoms with Crippen LogP contribution in [0.3, 0.4) is 0 Å². The molecule has 0 unspecified atom stereocenters. The summed E-state index contributed by atoms with van der Waals surface area (Å²) in [6, 6.07) is 0. The molecule has 2 rings (SSSR count). The van der Waals surface area contributed by atoms with Gasteiger partial charge in [0.1, 0.15) is 5.82 Å². The maximum Gasteiger partial charge on any atom is 0.395 e. The smallest absolute Gasteiger partial charge is 0.395 e. The van der Waals surface area contributed by atoms with E-state index in [0.717, 1.165) is 0 Å². The normalized spacial score (nSPS) is 18.9. The second-order valence-electron chi connectivity index (χ2n) is 4.87. The molecule has 19 heavy (non-hydrogen) atoms. The first kappa shape index (κ1) is 13.8. The van der Waals surface area contributed by atoms with E-state index in [1.54, 1.807) is 6.92 Å². The number of aromatic nitrogens is 2. The number of alkyl halides is 3. The summed E-state index contributed by atoms with van der Waals surface area (Å²) >= 11 is 0. The molecule has 0 amide bonds. The molecule has 1 fully saturated rings. The fourth-order valence-electron chi connectivity index (χ4n) is 2.35. The Morgan fingerprint density at radius 1 is 1.42 bits per heavy atom. The standard InChI is InChI=1S/C12H13F3N2O2/c1-7-16-5-8(6-17-7)9(4-10(18)19)11(2-3-11)12(13,14)15/h5-6,9H,2-4H2,1H3,(H,18,19)/t9-/m1/s1. The summed E-state index contributed by atoms with van der Waals surface area (Å²) in [5.41, 5.74) is -1.69. The first-order valence-corrected chi connectivity index (χ1v) is 5.83. The maximum atomic E-state index is 13.1. The first-order chi connectivity index (χ1) is 8.76.